The minimum Gasteiger partial charge on any atom is -0.366 e. The first-order valence-corrected chi connectivity index (χ1v) is 6.71. The van der Waals surface area contributed by atoms with Gasteiger partial charge in [-0.25, -0.2) is 0 Å². The summed E-state index contributed by atoms with van der Waals surface area (Å²) in [6, 6.07) is 5.74. The van der Waals surface area contributed by atoms with Crippen molar-refractivity contribution >= 4 is 22.1 Å². The molecule has 1 saturated heterocycles. The number of aromatic nitrogens is 1. The van der Waals surface area contributed by atoms with E-state index in [1.54, 1.807) is 18.5 Å². The second-order valence-corrected chi connectivity index (χ2v) is 4.88. The lowest BCUT2D eigenvalue weighted by molar-refractivity contribution is -0.383. The average molecular weight is 272 g/mol. The maximum Gasteiger partial charge on any atom is 0.278 e. The predicted octanol–water partition coefficient (Wildman–Crippen LogP) is 1.94. The van der Waals surface area contributed by atoms with Gasteiger partial charge in [0.1, 0.15) is 0 Å². The van der Waals surface area contributed by atoms with Crippen molar-refractivity contribution in [2.45, 2.75) is 13.0 Å². The summed E-state index contributed by atoms with van der Waals surface area (Å²) in [5.74, 6) is 0. The van der Waals surface area contributed by atoms with Crippen molar-refractivity contribution < 1.29 is 4.92 Å². The number of nitro benzene ring substituents is 1. The van der Waals surface area contributed by atoms with Gasteiger partial charge >= 0.3 is 0 Å². The van der Waals surface area contributed by atoms with Crippen LogP contribution in [0.2, 0.25) is 0 Å². The highest BCUT2D eigenvalue weighted by atomic mass is 16.6. The molecule has 6 heteroatoms. The largest absolute Gasteiger partial charge is 0.366 e. The minimum absolute atomic E-state index is 0.111. The Morgan fingerprint density at radius 1 is 1.40 bits per heavy atom. The van der Waals surface area contributed by atoms with Gasteiger partial charge in [0.25, 0.3) is 5.69 Å². The molecule has 0 aliphatic carbocycles. The number of anilines is 1. The number of hydrogen-bond donors (Lipinski definition) is 1. The zero-order valence-electron chi connectivity index (χ0n) is 11.2. The number of nitro groups is 1. The molecule has 2 heterocycles. The number of nitrogens with one attached hydrogen (secondary N) is 1. The summed E-state index contributed by atoms with van der Waals surface area (Å²) in [5.41, 5.74) is 1.15. The van der Waals surface area contributed by atoms with Gasteiger partial charge in [0.2, 0.25) is 0 Å². The molecule has 1 aromatic heterocycles. The Balaban J connectivity index is 2.16. The molecular formula is C14H16N4O2. The van der Waals surface area contributed by atoms with E-state index in [2.05, 4.69) is 22.1 Å². The summed E-state index contributed by atoms with van der Waals surface area (Å²) in [6.07, 6.45) is 3.26. The van der Waals surface area contributed by atoms with Crippen molar-refractivity contribution in [3.8, 4) is 0 Å². The van der Waals surface area contributed by atoms with Gasteiger partial charge in [0.05, 0.1) is 16.4 Å². The average Bonchev–Trinajstić information content (AvgIpc) is 2.41. The van der Waals surface area contributed by atoms with Crippen LogP contribution in [0.1, 0.15) is 6.92 Å². The third-order valence-electron chi connectivity index (χ3n) is 3.82. The molecule has 0 spiro atoms. The number of nitrogens with zero attached hydrogens (tertiary/aromatic N) is 3. The van der Waals surface area contributed by atoms with E-state index in [4.69, 9.17) is 0 Å². The molecule has 0 atom stereocenters. The number of pyridine rings is 1. The van der Waals surface area contributed by atoms with Gasteiger partial charge in [-0.05, 0) is 19.1 Å². The fourth-order valence-electron chi connectivity index (χ4n) is 2.69. The summed E-state index contributed by atoms with van der Waals surface area (Å²) in [6.45, 7) is 4.89. The van der Waals surface area contributed by atoms with Gasteiger partial charge < -0.3 is 10.2 Å². The van der Waals surface area contributed by atoms with E-state index in [9.17, 15) is 10.1 Å². The molecule has 0 bridgehead atoms. The molecule has 1 aliphatic rings. The fraction of sp³-hybridized carbons (Fsp3) is 0.357. The van der Waals surface area contributed by atoms with Crippen LogP contribution in [0, 0.1) is 10.1 Å². The Bertz CT molecular complexity index is 655. The smallest absolute Gasteiger partial charge is 0.278 e. The molecule has 20 heavy (non-hydrogen) atoms. The maximum absolute atomic E-state index is 11.1. The second kappa shape index (κ2) is 5.05. The van der Waals surface area contributed by atoms with Crippen LogP contribution in [0.3, 0.4) is 0 Å². The van der Waals surface area contributed by atoms with Crippen molar-refractivity contribution in [3.63, 3.8) is 0 Å². The molecule has 0 radical (unpaired) electrons. The number of likely N-dealkylation sites (N-methyl/N-ethyl adjacent to an activating group) is 1. The van der Waals surface area contributed by atoms with Crippen LogP contribution in [-0.2, 0) is 0 Å². The highest BCUT2D eigenvalue weighted by molar-refractivity contribution is 5.99. The Morgan fingerprint density at radius 3 is 2.80 bits per heavy atom. The maximum atomic E-state index is 11.1. The third kappa shape index (κ3) is 1.98. The number of rotatable bonds is 4. The molecule has 1 aromatic carbocycles. The summed E-state index contributed by atoms with van der Waals surface area (Å²) in [7, 11) is 0. The Kier molecular flexibility index (Phi) is 3.23. The summed E-state index contributed by atoms with van der Waals surface area (Å²) < 4.78 is 0. The fourth-order valence-corrected chi connectivity index (χ4v) is 2.69. The Labute approximate surface area is 116 Å². The molecule has 6 nitrogen and oxygen atoms in total. The Morgan fingerprint density at radius 2 is 2.20 bits per heavy atom. The molecule has 3 rings (SSSR count). The molecule has 1 N–H and O–H groups in total. The van der Waals surface area contributed by atoms with Gasteiger partial charge in [-0.1, -0.05) is 0 Å². The number of hydrogen-bond acceptors (Lipinski definition) is 5. The molecular weight excluding hydrogens is 256 g/mol. The van der Waals surface area contributed by atoms with Crippen molar-refractivity contribution in [1.29, 1.82) is 0 Å². The lowest BCUT2D eigenvalue weighted by atomic mass is 10.0. The normalized spacial score (nSPS) is 15.1. The molecule has 0 saturated carbocycles. The molecule has 0 unspecified atom stereocenters. The molecule has 0 amide bonds. The van der Waals surface area contributed by atoms with E-state index in [1.807, 2.05) is 12.1 Å². The monoisotopic (exact) mass is 272 g/mol. The van der Waals surface area contributed by atoms with Gasteiger partial charge in [-0.15, -0.1) is 0 Å². The summed E-state index contributed by atoms with van der Waals surface area (Å²) >= 11 is 0. The van der Waals surface area contributed by atoms with Crippen molar-refractivity contribution in [2.24, 2.45) is 0 Å². The van der Waals surface area contributed by atoms with Crippen LogP contribution in [0.25, 0.3) is 10.8 Å². The van der Waals surface area contributed by atoms with E-state index in [0.29, 0.717) is 11.4 Å². The lowest BCUT2D eigenvalue weighted by Crippen LogP contribution is -2.57. The van der Waals surface area contributed by atoms with Gasteiger partial charge in [0, 0.05) is 49.2 Å². The minimum atomic E-state index is -0.352. The molecule has 2 aromatic rings. The predicted molar refractivity (Wildman–Crippen MR) is 78.1 cm³/mol. The lowest BCUT2D eigenvalue weighted by Gasteiger charge is -2.39. The van der Waals surface area contributed by atoms with Crippen molar-refractivity contribution in [2.75, 3.05) is 24.5 Å². The number of benzene rings is 1. The van der Waals surface area contributed by atoms with Crippen LogP contribution < -0.4 is 10.2 Å². The topological polar surface area (TPSA) is 71.3 Å². The molecule has 1 aliphatic heterocycles. The Hall–Kier alpha value is -2.21. The first-order valence-electron chi connectivity index (χ1n) is 6.71. The highest BCUT2D eigenvalue weighted by Gasteiger charge is 2.26. The van der Waals surface area contributed by atoms with E-state index < -0.39 is 0 Å². The quantitative estimate of drug-likeness (QED) is 0.680. The zero-order chi connectivity index (χ0) is 14.1. The van der Waals surface area contributed by atoms with Gasteiger partial charge in [-0.2, -0.15) is 0 Å². The standard InChI is InChI=1S/C14H16N4O2/c1-2-17(10-7-16-8-10)13-3-4-14(18(19)20)12-9-15-6-5-11(12)13/h3-6,9-10,16H,2,7-8H2,1H3. The van der Waals surface area contributed by atoms with Crippen LogP contribution in [0.5, 0.6) is 0 Å². The number of non-ortho nitro benzene ring substituents is 1. The molecule has 1 fully saturated rings. The van der Waals surface area contributed by atoms with Gasteiger partial charge in [0.15, 0.2) is 0 Å². The summed E-state index contributed by atoms with van der Waals surface area (Å²) in [5, 5.41) is 15.9. The molecule has 104 valence electrons. The van der Waals surface area contributed by atoms with Crippen LogP contribution >= 0.6 is 0 Å². The van der Waals surface area contributed by atoms with Crippen LogP contribution in [0.15, 0.2) is 30.6 Å². The SMILES string of the molecule is CCN(c1ccc([N+](=O)[O-])c2cnccc12)C1CNC1. The van der Waals surface area contributed by atoms with Crippen molar-refractivity contribution in [1.82, 2.24) is 10.3 Å². The van der Waals surface area contributed by atoms with E-state index >= 15 is 0 Å². The van der Waals surface area contributed by atoms with Crippen LogP contribution in [0.4, 0.5) is 11.4 Å². The third-order valence-corrected chi connectivity index (χ3v) is 3.82. The van der Waals surface area contributed by atoms with Crippen LogP contribution in [-0.4, -0.2) is 35.6 Å². The van der Waals surface area contributed by atoms with Crippen molar-refractivity contribution in [3.05, 3.63) is 40.7 Å². The van der Waals surface area contributed by atoms with E-state index in [1.165, 1.54) is 0 Å². The first kappa shape index (κ1) is 12.8. The zero-order valence-corrected chi connectivity index (χ0v) is 11.2. The number of fused-ring (bicyclic) bond motifs is 1. The second-order valence-electron chi connectivity index (χ2n) is 4.88. The highest BCUT2D eigenvalue weighted by Crippen LogP contribution is 2.34. The van der Waals surface area contributed by atoms with E-state index in [0.717, 1.165) is 30.7 Å². The summed E-state index contributed by atoms with van der Waals surface area (Å²) in [4.78, 5) is 17.1. The van der Waals surface area contributed by atoms with Gasteiger partial charge in [-0.3, -0.25) is 15.1 Å². The first-order chi connectivity index (χ1) is 9.72. The van der Waals surface area contributed by atoms with E-state index in [-0.39, 0.29) is 10.6 Å².